The van der Waals surface area contributed by atoms with Crippen LogP contribution >= 0.6 is 33.9 Å². The minimum atomic E-state index is -0.343. The molecule has 1 aromatic heterocycles. The van der Waals surface area contributed by atoms with E-state index in [1.54, 1.807) is 6.07 Å². The van der Waals surface area contributed by atoms with Crippen LogP contribution in [-0.2, 0) is 9.53 Å². The largest absolute Gasteiger partial charge is 0.485 e. The number of nitrogens with one attached hydrogen (secondary N) is 1. The molecule has 1 amide bonds. The van der Waals surface area contributed by atoms with Crippen LogP contribution in [0.1, 0.15) is 51.5 Å². The fourth-order valence-electron chi connectivity index (χ4n) is 2.60. The molecule has 0 aliphatic heterocycles. The van der Waals surface area contributed by atoms with Crippen molar-refractivity contribution >= 4 is 45.8 Å². The van der Waals surface area contributed by atoms with E-state index in [0.29, 0.717) is 4.88 Å². The van der Waals surface area contributed by atoms with E-state index in [0.717, 1.165) is 17.0 Å². The van der Waals surface area contributed by atoms with Crippen LogP contribution in [0.2, 0.25) is 0 Å². The van der Waals surface area contributed by atoms with Gasteiger partial charge >= 0.3 is 5.97 Å². The molecule has 0 saturated carbocycles. The number of halogens is 1. The molecule has 2 aromatic rings. The Labute approximate surface area is 177 Å². The van der Waals surface area contributed by atoms with Gasteiger partial charge in [-0.15, -0.1) is 11.3 Å². The first-order valence-corrected chi connectivity index (χ1v) is 10.6. The molecule has 146 valence electrons. The molecule has 7 heteroatoms. The third-order valence-corrected chi connectivity index (χ3v) is 6.95. The summed E-state index contributed by atoms with van der Waals surface area (Å²) >= 11 is 3.76. The van der Waals surface area contributed by atoms with Crippen molar-refractivity contribution in [1.82, 2.24) is 5.32 Å². The molecule has 1 heterocycles. The Balaban J connectivity index is 2.04. The number of thiophene rings is 1. The number of esters is 1. The average Bonchev–Trinajstić information content (AvgIpc) is 3.13. The fourth-order valence-corrected chi connectivity index (χ4v) is 3.94. The lowest BCUT2D eigenvalue weighted by molar-refractivity contribution is -0.140. The molecule has 0 unspecified atom stereocenters. The molecule has 0 aliphatic carbocycles. The number of carbonyl (C=O) groups is 2. The van der Waals surface area contributed by atoms with Crippen molar-refractivity contribution < 1.29 is 19.1 Å². The number of hydrogen-bond acceptors (Lipinski definition) is 5. The van der Waals surface area contributed by atoms with Crippen LogP contribution in [0.25, 0.3) is 0 Å². The zero-order chi connectivity index (χ0) is 20.0. The number of ether oxygens (including phenoxy) is 2. The van der Waals surface area contributed by atoms with Gasteiger partial charge in [-0.1, -0.05) is 6.92 Å². The molecule has 0 spiro atoms. The molecule has 0 fully saturated rings. The molecule has 27 heavy (non-hydrogen) atoms. The number of rotatable bonds is 8. The Morgan fingerprint density at radius 3 is 2.48 bits per heavy atom. The van der Waals surface area contributed by atoms with Crippen molar-refractivity contribution in [2.24, 2.45) is 0 Å². The summed E-state index contributed by atoms with van der Waals surface area (Å²) in [6.45, 7) is 6.47. The van der Waals surface area contributed by atoms with E-state index in [2.05, 4.69) is 53.4 Å². The molecule has 1 aromatic carbocycles. The van der Waals surface area contributed by atoms with Gasteiger partial charge in [-0.25, -0.2) is 0 Å². The van der Waals surface area contributed by atoms with Gasteiger partial charge in [0.15, 0.2) is 0 Å². The van der Waals surface area contributed by atoms with Gasteiger partial charge in [-0.3, -0.25) is 9.59 Å². The highest BCUT2D eigenvalue weighted by Crippen LogP contribution is 2.32. The average molecular weight is 501 g/mol. The van der Waals surface area contributed by atoms with Crippen LogP contribution < -0.4 is 10.1 Å². The fraction of sp³-hybridized carbons (Fsp3) is 0.400. The monoisotopic (exact) mass is 501 g/mol. The first-order valence-electron chi connectivity index (χ1n) is 8.73. The predicted octanol–water partition coefficient (Wildman–Crippen LogP) is 4.79. The van der Waals surface area contributed by atoms with Gasteiger partial charge < -0.3 is 14.8 Å². The van der Waals surface area contributed by atoms with Crippen LogP contribution in [-0.4, -0.2) is 25.5 Å². The summed E-state index contributed by atoms with van der Waals surface area (Å²) < 4.78 is 12.0. The summed E-state index contributed by atoms with van der Waals surface area (Å²) in [5.41, 5.74) is 2.38. The molecule has 0 aliphatic rings. The van der Waals surface area contributed by atoms with E-state index >= 15 is 0 Å². The summed E-state index contributed by atoms with van der Waals surface area (Å²) in [5.74, 6) is 0.311. The van der Waals surface area contributed by atoms with E-state index in [4.69, 9.17) is 4.74 Å². The molecule has 2 rings (SSSR count). The van der Waals surface area contributed by atoms with Gasteiger partial charge in [0.05, 0.1) is 18.4 Å². The van der Waals surface area contributed by atoms with Crippen LogP contribution in [0.5, 0.6) is 5.75 Å². The van der Waals surface area contributed by atoms with Gasteiger partial charge in [0.25, 0.3) is 5.91 Å². The second kappa shape index (κ2) is 10.1. The minimum Gasteiger partial charge on any atom is -0.485 e. The quantitative estimate of drug-likeness (QED) is 0.417. The third-order valence-electron chi connectivity index (χ3n) is 4.07. The smallest absolute Gasteiger partial charge is 0.307 e. The summed E-state index contributed by atoms with van der Waals surface area (Å²) in [7, 11) is 1.33. The van der Waals surface area contributed by atoms with Crippen LogP contribution in [0.4, 0.5) is 0 Å². The van der Waals surface area contributed by atoms with Crippen molar-refractivity contribution in [2.45, 2.75) is 39.7 Å². The van der Waals surface area contributed by atoms with E-state index in [1.807, 2.05) is 18.2 Å². The molecule has 0 bridgehead atoms. The van der Waals surface area contributed by atoms with E-state index in [9.17, 15) is 9.59 Å². The third kappa shape index (κ3) is 5.93. The standard InChI is InChI=1S/C20H24INO4S/c1-5-15(26-14-10-12(2)19(21)13(3)11-14)16-6-7-17(27-16)20(24)22-9-8-18(23)25-4/h6-7,10-11,15H,5,8-9H2,1-4H3,(H,22,24)/t15-/m1/s1. The lowest BCUT2D eigenvalue weighted by Crippen LogP contribution is -2.25. The van der Waals surface area contributed by atoms with Gasteiger partial charge in [-0.05, 0) is 78.3 Å². The zero-order valence-corrected chi connectivity index (χ0v) is 18.9. The summed E-state index contributed by atoms with van der Waals surface area (Å²) in [6, 6.07) is 7.82. The molecule has 0 saturated heterocycles. The van der Waals surface area contributed by atoms with E-state index in [1.165, 1.54) is 33.1 Å². The van der Waals surface area contributed by atoms with Gasteiger partial charge in [0.2, 0.25) is 0 Å². The highest BCUT2D eigenvalue weighted by Gasteiger charge is 2.17. The second-order valence-corrected chi connectivity index (χ2v) is 8.36. The molecule has 1 N–H and O–H groups in total. The number of methoxy groups -OCH3 is 1. The van der Waals surface area contributed by atoms with Gasteiger partial charge in [-0.2, -0.15) is 0 Å². The Morgan fingerprint density at radius 2 is 1.89 bits per heavy atom. The molecule has 5 nitrogen and oxygen atoms in total. The molecular weight excluding hydrogens is 477 g/mol. The molecule has 1 atom stereocenters. The maximum Gasteiger partial charge on any atom is 0.307 e. The number of benzene rings is 1. The Hall–Kier alpha value is -1.61. The predicted molar refractivity (Wildman–Crippen MR) is 116 cm³/mol. The first-order chi connectivity index (χ1) is 12.8. The minimum absolute atomic E-state index is 0.106. The van der Waals surface area contributed by atoms with Crippen molar-refractivity contribution in [3.8, 4) is 5.75 Å². The number of carbonyl (C=O) groups excluding carboxylic acids is 2. The molecular formula is C20H24INO4S. The normalized spacial score (nSPS) is 11.7. The van der Waals surface area contributed by atoms with Crippen LogP contribution in [0, 0.1) is 17.4 Å². The summed E-state index contributed by atoms with van der Waals surface area (Å²) in [6.07, 6.45) is 0.853. The lowest BCUT2D eigenvalue weighted by atomic mass is 10.1. The summed E-state index contributed by atoms with van der Waals surface area (Å²) in [4.78, 5) is 25.0. The van der Waals surface area contributed by atoms with Gasteiger partial charge in [0.1, 0.15) is 11.9 Å². The Kier molecular flexibility index (Phi) is 8.09. The van der Waals surface area contributed by atoms with Crippen molar-refractivity contribution in [2.75, 3.05) is 13.7 Å². The Morgan fingerprint density at radius 1 is 1.22 bits per heavy atom. The van der Waals surface area contributed by atoms with Crippen LogP contribution in [0.3, 0.4) is 0 Å². The van der Waals surface area contributed by atoms with Crippen molar-refractivity contribution in [3.05, 3.63) is 48.7 Å². The van der Waals surface area contributed by atoms with Crippen molar-refractivity contribution in [3.63, 3.8) is 0 Å². The SMILES string of the molecule is CC[C@@H](Oc1cc(C)c(I)c(C)c1)c1ccc(C(=O)NCCC(=O)OC)s1. The lowest BCUT2D eigenvalue weighted by Gasteiger charge is -2.18. The van der Waals surface area contributed by atoms with Crippen LogP contribution in [0.15, 0.2) is 24.3 Å². The van der Waals surface area contributed by atoms with E-state index in [-0.39, 0.29) is 30.9 Å². The number of hydrogen-bond donors (Lipinski definition) is 1. The van der Waals surface area contributed by atoms with E-state index < -0.39 is 0 Å². The van der Waals surface area contributed by atoms with Crippen molar-refractivity contribution in [1.29, 1.82) is 0 Å². The highest BCUT2D eigenvalue weighted by molar-refractivity contribution is 14.1. The maximum atomic E-state index is 12.2. The maximum absolute atomic E-state index is 12.2. The number of amides is 1. The number of aryl methyl sites for hydroxylation is 2. The Bertz CT molecular complexity index is 795. The topological polar surface area (TPSA) is 64.6 Å². The highest BCUT2D eigenvalue weighted by atomic mass is 127. The second-order valence-electron chi connectivity index (χ2n) is 6.17. The molecule has 0 radical (unpaired) electrons. The zero-order valence-electron chi connectivity index (χ0n) is 15.9. The summed E-state index contributed by atoms with van der Waals surface area (Å²) in [5, 5.41) is 2.73. The van der Waals surface area contributed by atoms with Gasteiger partial charge in [0, 0.05) is 15.0 Å². The first kappa shape index (κ1) is 21.7.